The normalized spacial score (nSPS) is 17.8. The second-order valence-corrected chi connectivity index (χ2v) is 11.4. The van der Waals surface area contributed by atoms with E-state index in [1.165, 1.54) is 17.7 Å². The number of anilines is 3. The van der Waals surface area contributed by atoms with E-state index in [2.05, 4.69) is 35.5 Å². The van der Waals surface area contributed by atoms with Crippen LogP contribution in [0.2, 0.25) is 0 Å². The number of hydrogen-bond acceptors (Lipinski definition) is 10. The average Bonchev–Trinajstić information content (AvgIpc) is 3.65. The van der Waals surface area contributed by atoms with E-state index in [1.54, 1.807) is 12.4 Å². The fourth-order valence-electron chi connectivity index (χ4n) is 5.33. The molecular formula is C27H28N10O3S. The standard InChI is InChI=1S/C27H28N10O3S/c1-27(34-26(38)39)9-11-37(12-10-27)17-7-5-16(6-8-17)31-25-30-13-18(21-14-29-15-40-21)22(33-25)24-32-19-3-2-4-20(35-36-28)23(19)41-24/h5-8,13-15,20,34H,2-4,9-12H2,1H3,(H,38,39)(H,30,31,33). The molecular weight excluding hydrogens is 544 g/mol. The van der Waals surface area contributed by atoms with Crippen molar-refractivity contribution in [2.45, 2.75) is 50.6 Å². The van der Waals surface area contributed by atoms with Crippen LogP contribution in [0.1, 0.15) is 49.2 Å². The molecule has 0 radical (unpaired) electrons. The molecule has 1 aromatic carbocycles. The van der Waals surface area contributed by atoms with Gasteiger partial charge in [-0.15, -0.1) is 11.3 Å². The molecule has 6 rings (SSSR count). The molecule has 1 fully saturated rings. The summed E-state index contributed by atoms with van der Waals surface area (Å²) in [6, 6.07) is 7.79. The smallest absolute Gasteiger partial charge is 0.405 e. The third kappa shape index (κ3) is 5.65. The minimum atomic E-state index is -0.984. The van der Waals surface area contributed by atoms with Crippen molar-refractivity contribution >= 4 is 34.8 Å². The van der Waals surface area contributed by atoms with Crippen LogP contribution in [0.3, 0.4) is 0 Å². The van der Waals surface area contributed by atoms with Crippen molar-refractivity contribution in [3.05, 3.63) is 64.1 Å². The third-order valence-corrected chi connectivity index (χ3v) is 8.77. The first-order chi connectivity index (χ1) is 19.9. The molecule has 0 saturated carbocycles. The van der Waals surface area contributed by atoms with Crippen molar-refractivity contribution in [3.8, 4) is 22.0 Å². The van der Waals surface area contributed by atoms with Crippen molar-refractivity contribution in [1.82, 2.24) is 25.3 Å². The maximum absolute atomic E-state index is 11.1. The number of fused-ring (bicyclic) bond motifs is 1. The Morgan fingerprint density at radius 1 is 1.24 bits per heavy atom. The second-order valence-electron chi connectivity index (χ2n) is 10.4. The highest BCUT2D eigenvalue weighted by molar-refractivity contribution is 7.15. The predicted octanol–water partition coefficient (Wildman–Crippen LogP) is 6.31. The summed E-state index contributed by atoms with van der Waals surface area (Å²) < 4.78 is 5.57. The Hall–Kier alpha value is -4.68. The number of nitrogens with zero attached hydrogens (tertiary/aromatic N) is 8. The van der Waals surface area contributed by atoms with Crippen molar-refractivity contribution < 1.29 is 14.3 Å². The summed E-state index contributed by atoms with van der Waals surface area (Å²) in [6.07, 6.45) is 7.70. The van der Waals surface area contributed by atoms with Crippen molar-refractivity contribution in [2.24, 2.45) is 5.11 Å². The summed E-state index contributed by atoms with van der Waals surface area (Å²) in [5, 5.41) is 19.7. The number of carboxylic acid groups (broad SMARTS) is 1. The molecule has 4 aromatic rings. The zero-order valence-corrected chi connectivity index (χ0v) is 23.1. The number of azide groups is 1. The lowest BCUT2D eigenvalue weighted by Gasteiger charge is -2.40. The quantitative estimate of drug-likeness (QED) is 0.130. The molecule has 13 nitrogen and oxygen atoms in total. The van der Waals surface area contributed by atoms with Crippen LogP contribution in [-0.4, -0.2) is 49.8 Å². The number of rotatable bonds is 7. The molecule has 1 amide bonds. The Kier molecular flexibility index (Phi) is 7.16. The number of thiazole rings is 1. The monoisotopic (exact) mass is 572 g/mol. The molecule has 3 N–H and O–H groups in total. The lowest BCUT2D eigenvalue weighted by Crippen LogP contribution is -2.53. The molecule has 1 aliphatic heterocycles. The molecule has 41 heavy (non-hydrogen) atoms. The van der Waals surface area contributed by atoms with Crippen LogP contribution >= 0.6 is 11.3 Å². The van der Waals surface area contributed by atoms with Gasteiger partial charge in [-0.2, -0.15) is 0 Å². The van der Waals surface area contributed by atoms with Crippen LogP contribution in [0.5, 0.6) is 0 Å². The van der Waals surface area contributed by atoms with Crippen LogP contribution in [0, 0.1) is 0 Å². The summed E-state index contributed by atoms with van der Waals surface area (Å²) in [5.74, 6) is 0.941. The summed E-state index contributed by atoms with van der Waals surface area (Å²) in [7, 11) is 0. The van der Waals surface area contributed by atoms with Gasteiger partial charge in [-0.25, -0.2) is 24.7 Å². The van der Waals surface area contributed by atoms with E-state index < -0.39 is 11.6 Å². The van der Waals surface area contributed by atoms with Gasteiger partial charge in [0, 0.05) is 46.0 Å². The zero-order valence-electron chi connectivity index (χ0n) is 22.3. The van der Waals surface area contributed by atoms with Crippen molar-refractivity contribution in [2.75, 3.05) is 23.3 Å². The molecule has 0 spiro atoms. The van der Waals surface area contributed by atoms with Gasteiger partial charge in [0.05, 0.1) is 23.5 Å². The first kappa shape index (κ1) is 26.5. The highest BCUT2D eigenvalue weighted by atomic mass is 32.1. The minimum absolute atomic E-state index is 0.219. The number of aromatic nitrogens is 4. The maximum Gasteiger partial charge on any atom is 0.405 e. The number of amides is 1. The van der Waals surface area contributed by atoms with E-state index in [-0.39, 0.29) is 6.04 Å². The van der Waals surface area contributed by atoms with Crippen molar-refractivity contribution in [1.29, 1.82) is 0 Å². The molecule has 1 saturated heterocycles. The second kappa shape index (κ2) is 11.1. The Morgan fingerprint density at radius 2 is 2.05 bits per heavy atom. The third-order valence-electron chi connectivity index (χ3n) is 7.57. The van der Waals surface area contributed by atoms with E-state index in [4.69, 9.17) is 25.0 Å². The Labute approximate surface area is 239 Å². The molecule has 210 valence electrons. The van der Waals surface area contributed by atoms with Crippen LogP contribution in [0.25, 0.3) is 32.5 Å². The fourth-order valence-corrected chi connectivity index (χ4v) is 6.51. The van der Waals surface area contributed by atoms with E-state index in [0.717, 1.165) is 67.1 Å². The van der Waals surface area contributed by atoms with Gasteiger partial charge in [0.1, 0.15) is 10.7 Å². The van der Waals surface area contributed by atoms with E-state index >= 15 is 0 Å². The highest BCUT2D eigenvalue weighted by Gasteiger charge is 2.31. The topological polar surface area (TPSA) is 178 Å². The number of piperidine rings is 1. The maximum atomic E-state index is 11.1. The lowest BCUT2D eigenvalue weighted by atomic mass is 9.89. The molecule has 1 atom stereocenters. The largest absolute Gasteiger partial charge is 0.465 e. The average molecular weight is 573 g/mol. The Bertz CT molecular complexity index is 1590. The van der Waals surface area contributed by atoms with Crippen molar-refractivity contribution in [3.63, 3.8) is 0 Å². The van der Waals surface area contributed by atoms with Crippen LogP contribution < -0.4 is 15.5 Å². The molecule has 4 heterocycles. The van der Waals surface area contributed by atoms with Gasteiger partial charge in [-0.05, 0) is 68.8 Å². The van der Waals surface area contributed by atoms with Gasteiger partial charge in [0.25, 0.3) is 0 Å². The SMILES string of the molecule is CC1(NC(=O)O)CCN(c2ccc(Nc3ncc(-c4cnco4)c(-c4nc5c(s4)C(N=[N+]=[N-])CCC5)n3)cc2)CC1. The molecule has 2 aliphatic rings. The Morgan fingerprint density at radius 3 is 2.76 bits per heavy atom. The van der Waals surface area contributed by atoms with E-state index in [9.17, 15) is 4.79 Å². The van der Waals surface area contributed by atoms with E-state index in [0.29, 0.717) is 28.0 Å². The number of carbonyl (C=O) groups is 1. The zero-order chi connectivity index (χ0) is 28.4. The summed E-state index contributed by atoms with van der Waals surface area (Å²) in [6.45, 7) is 3.47. The van der Waals surface area contributed by atoms with Gasteiger partial charge in [0.15, 0.2) is 12.2 Å². The van der Waals surface area contributed by atoms with Crippen LogP contribution in [0.4, 0.5) is 22.1 Å². The summed E-state index contributed by atoms with van der Waals surface area (Å²) in [4.78, 5) is 35.7. The summed E-state index contributed by atoms with van der Waals surface area (Å²) >= 11 is 1.48. The predicted molar refractivity (Wildman–Crippen MR) is 154 cm³/mol. The molecule has 1 aliphatic carbocycles. The molecule has 14 heteroatoms. The number of oxazole rings is 1. The lowest BCUT2D eigenvalue weighted by molar-refractivity contribution is 0.173. The first-order valence-corrected chi connectivity index (χ1v) is 14.2. The van der Waals surface area contributed by atoms with Crippen LogP contribution in [0.15, 0.2) is 52.6 Å². The molecule has 3 aromatic heterocycles. The van der Waals surface area contributed by atoms with Gasteiger partial charge in [0.2, 0.25) is 5.95 Å². The Balaban J connectivity index is 1.23. The van der Waals surface area contributed by atoms with Gasteiger partial charge in [-0.1, -0.05) is 5.11 Å². The number of hydrogen-bond donors (Lipinski definition) is 3. The van der Waals surface area contributed by atoms with E-state index in [1.807, 2.05) is 31.2 Å². The highest BCUT2D eigenvalue weighted by Crippen LogP contribution is 2.42. The van der Waals surface area contributed by atoms with Gasteiger partial charge in [-0.3, -0.25) is 0 Å². The van der Waals surface area contributed by atoms with Gasteiger partial charge < -0.3 is 25.1 Å². The fraction of sp³-hybridized carbons (Fsp3) is 0.370. The number of benzene rings is 1. The first-order valence-electron chi connectivity index (χ1n) is 13.3. The number of nitrogens with one attached hydrogen (secondary N) is 2. The van der Waals surface area contributed by atoms with Gasteiger partial charge >= 0.3 is 6.09 Å². The molecule has 1 unspecified atom stereocenters. The molecule has 0 bridgehead atoms. The summed E-state index contributed by atoms with van der Waals surface area (Å²) in [5.41, 5.74) is 12.7. The number of aryl methyl sites for hydroxylation is 1. The minimum Gasteiger partial charge on any atom is -0.465 e. The van der Waals surface area contributed by atoms with Crippen LogP contribution in [-0.2, 0) is 6.42 Å².